The maximum absolute atomic E-state index is 12.1. The van der Waals surface area contributed by atoms with Gasteiger partial charge in [0.15, 0.2) is 18.0 Å². The van der Waals surface area contributed by atoms with Crippen LogP contribution in [0.4, 0.5) is 0 Å². The number of ether oxygens (including phenoxy) is 2. The maximum Gasteiger partial charge on any atom is 0.275 e. The van der Waals surface area contributed by atoms with Gasteiger partial charge in [-0.3, -0.25) is 4.79 Å². The first-order valence-corrected chi connectivity index (χ1v) is 9.39. The number of para-hydroxylation sites is 1. The standard InChI is InChI=1S/C19H27N3O3S/c1-19(2,3)21-16(23)11-22(4)10-13-12-26-18(20-13)14-8-7-9-15(24-5)17(14)25-6/h7-9,12H,10-11H2,1-6H3,(H,21,23)/p+1. The van der Waals surface area contributed by atoms with Crippen molar-refractivity contribution in [1.82, 2.24) is 10.3 Å². The van der Waals surface area contributed by atoms with Gasteiger partial charge in [-0.2, -0.15) is 0 Å². The predicted octanol–water partition coefficient (Wildman–Crippen LogP) is 1.76. The predicted molar refractivity (Wildman–Crippen MR) is 104 cm³/mol. The third kappa shape index (κ3) is 5.44. The van der Waals surface area contributed by atoms with Crippen LogP contribution in [0.3, 0.4) is 0 Å². The van der Waals surface area contributed by atoms with E-state index < -0.39 is 0 Å². The van der Waals surface area contributed by atoms with E-state index in [0.29, 0.717) is 24.6 Å². The van der Waals surface area contributed by atoms with Gasteiger partial charge in [0.25, 0.3) is 5.91 Å². The van der Waals surface area contributed by atoms with E-state index >= 15 is 0 Å². The Labute approximate surface area is 159 Å². The average Bonchev–Trinajstić information content (AvgIpc) is 2.99. The van der Waals surface area contributed by atoms with Crippen LogP contribution >= 0.6 is 11.3 Å². The number of amides is 1. The highest BCUT2D eigenvalue weighted by Crippen LogP contribution is 2.38. The van der Waals surface area contributed by atoms with Crippen molar-refractivity contribution < 1.29 is 19.2 Å². The average molecular weight is 379 g/mol. The van der Waals surface area contributed by atoms with Crippen molar-refractivity contribution in [2.24, 2.45) is 0 Å². The summed E-state index contributed by atoms with van der Waals surface area (Å²) >= 11 is 1.56. The van der Waals surface area contributed by atoms with Gasteiger partial charge in [-0.05, 0) is 32.9 Å². The number of carbonyl (C=O) groups is 1. The first kappa shape index (κ1) is 20.2. The van der Waals surface area contributed by atoms with E-state index in [9.17, 15) is 4.79 Å². The van der Waals surface area contributed by atoms with Crippen molar-refractivity contribution in [2.45, 2.75) is 32.9 Å². The van der Waals surface area contributed by atoms with Crippen molar-refractivity contribution in [3.05, 3.63) is 29.3 Å². The smallest absolute Gasteiger partial charge is 0.275 e. The quantitative estimate of drug-likeness (QED) is 0.771. The van der Waals surface area contributed by atoms with Crippen LogP contribution in [0.1, 0.15) is 26.5 Å². The molecule has 0 saturated heterocycles. The van der Waals surface area contributed by atoms with E-state index in [1.807, 2.05) is 51.4 Å². The normalized spacial score (nSPS) is 12.5. The summed E-state index contributed by atoms with van der Waals surface area (Å²) in [5.74, 6) is 1.41. The highest BCUT2D eigenvalue weighted by molar-refractivity contribution is 7.13. The molecule has 26 heavy (non-hydrogen) atoms. The van der Waals surface area contributed by atoms with Crippen molar-refractivity contribution >= 4 is 17.2 Å². The number of nitrogens with zero attached hydrogens (tertiary/aromatic N) is 1. The van der Waals surface area contributed by atoms with Crippen LogP contribution in [-0.4, -0.2) is 44.2 Å². The number of aromatic nitrogens is 1. The molecule has 0 aliphatic heterocycles. The molecule has 7 heteroatoms. The molecule has 1 heterocycles. The Morgan fingerprint density at radius 2 is 2.00 bits per heavy atom. The van der Waals surface area contributed by atoms with Crippen LogP contribution in [0.5, 0.6) is 11.5 Å². The van der Waals surface area contributed by atoms with E-state index in [-0.39, 0.29) is 11.4 Å². The molecular formula is C19H28N3O3S+. The fourth-order valence-corrected chi connectivity index (χ4v) is 3.52. The number of likely N-dealkylation sites (N-methyl/N-ethyl adjacent to an activating group) is 1. The second kappa shape index (κ2) is 8.51. The first-order chi connectivity index (χ1) is 12.2. The Morgan fingerprint density at radius 3 is 2.62 bits per heavy atom. The third-order valence-electron chi connectivity index (χ3n) is 3.64. The van der Waals surface area contributed by atoms with Gasteiger partial charge in [-0.25, -0.2) is 4.98 Å². The molecule has 1 aromatic carbocycles. The Kier molecular flexibility index (Phi) is 6.61. The zero-order valence-electron chi connectivity index (χ0n) is 16.3. The highest BCUT2D eigenvalue weighted by Gasteiger charge is 2.19. The zero-order chi connectivity index (χ0) is 19.3. The van der Waals surface area contributed by atoms with Crippen LogP contribution in [0, 0.1) is 0 Å². The molecule has 2 aromatic rings. The number of thiazole rings is 1. The largest absolute Gasteiger partial charge is 0.493 e. The second-order valence-corrected chi connectivity index (χ2v) is 8.15. The molecule has 0 radical (unpaired) electrons. The molecule has 2 N–H and O–H groups in total. The van der Waals surface area contributed by atoms with Gasteiger partial charge in [0.2, 0.25) is 0 Å². The van der Waals surface area contributed by atoms with Crippen molar-refractivity contribution in [1.29, 1.82) is 0 Å². The van der Waals surface area contributed by atoms with Gasteiger partial charge in [-0.15, -0.1) is 11.3 Å². The van der Waals surface area contributed by atoms with Gasteiger partial charge < -0.3 is 19.7 Å². The molecule has 142 valence electrons. The maximum atomic E-state index is 12.1. The molecule has 0 aliphatic rings. The minimum atomic E-state index is -0.214. The Hall–Kier alpha value is -2.12. The summed E-state index contributed by atoms with van der Waals surface area (Å²) in [7, 11) is 5.24. The molecule has 2 rings (SSSR count). The van der Waals surface area contributed by atoms with E-state index in [1.54, 1.807) is 25.6 Å². The number of hydrogen-bond donors (Lipinski definition) is 2. The molecule has 0 aliphatic carbocycles. The summed E-state index contributed by atoms with van der Waals surface area (Å²) in [5, 5.41) is 5.89. The molecule has 0 saturated carbocycles. The van der Waals surface area contributed by atoms with Gasteiger partial charge in [0, 0.05) is 10.9 Å². The lowest BCUT2D eigenvalue weighted by Crippen LogP contribution is -3.09. The molecule has 0 fully saturated rings. The molecule has 0 bridgehead atoms. The number of rotatable bonds is 7. The summed E-state index contributed by atoms with van der Waals surface area (Å²) < 4.78 is 10.9. The third-order valence-corrected chi connectivity index (χ3v) is 4.57. The molecule has 0 spiro atoms. The lowest BCUT2D eigenvalue weighted by atomic mass is 10.1. The molecular weight excluding hydrogens is 350 g/mol. The number of methoxy groups -OCH3 is 2. The molecule has 1 unspecified atom stereocenters. The van der Waals surface area contributed by atoms with Gasteiger partial charge in [0.05, 0.1) is 26.8 Å². The number of quaternary nitrogens is 1. The van der Waals surface area contributed by atoms with Crippen LogP contribution < -0.4 is 19.7 Å². The van der Waals surface area contributed by atoms with Gasteiger partial charge >= 0.3 is 0 Å². The van der Waals surface area contributed by atoms with Crippen LogP contribution in [0.2, 0.25) is 0 Å². The molecule has 6 nitrogen and oxygen atoms in total. The summed E-state index contributed by atoms with van der Waals surface area (Å²) in [5.41, 5.74) is 1.65. The van der Waals surface area contributed by atoms with Crippen molar-refractivity contribution in [2.75, 3.05) is 27.8 Å². The van der Waals surface area contributed by atoms with E-state index in [2.05, 4.69) is 5.32 Å². The van der Waals surface area contributed by atoms with Crippen molar-refractivity contribution in [3.8, 4) is 22.1 Å². The highest BCUT2D eigenvalue weighted by atomic mass is 32.1. The van der Waals surface area contributed by atoms with Crippen LogP contribution in [0.15, 0.2) is 23.6 Å². The second-order valence-electron chi connectivity index (χ2n) is 7.29. The lowest BCUT2D eigenvalue weighted by molar-refractivity contribution is -0.885. The summed E-state index contributed by atoms with van der Waals surface area (Å²) in [6.07, 6.45) is 0. The minimum absolute atomic E-state index is 0.0416. The van der Waals surface area contributed by atoms with E-state index in [4.69, 9.17) is 14.5 Å². The molecule has 1 amide bonds. The number of carbonyl (C=O) groups excluding carboxylic acids is 1. The number of nitrogens with one attached hydrogen (secondary N) is 2. The van der Waals surface area contributed by atoms with Crippen LogP contribution in [-0.2, 0) is 11.3 Å². The topological polar surface area (TPSA) is 64.9 Å². The van der Waals surface area contributed by atoms with Crippen molar-refractivity contribution in [3.63, 3.8) is 0 Å². The van der Waals surface area contributed by atoms with E-state index in [1.165, 1.54) is 0 Å². The zero-order valence-corrected chi connectivity index (χ0v) is 17.1. The summed E-state index contributed by atoms with van der Waals surface area (Å²) in [6, 6.07) is 5.76. The molecule has 1 aromatic heterocycles. The fraction of sp³-hybridized carbons (Fsp3) is 0.474. The minimum Gasteiger partial charge on any atom is -0.493 e. The first-order valence-electron chi connectivity index (χ1n) is 8.51. The summed E-state index contributed by atoms with van der Waals surface area (Å²) in [6.45, 7) is 7.03. The Balaban J connectivity index is 2.08. The monoisotopic (exact) mass is 378 g/mol. The number of benzene rings is 1. The fourth-order valence-electron chi connectivity index (χ4n) is 2.68. The Bertz CT molecular complexity index is 753. The lowest BCUT2D eigenvalue weighted by Gasteiger charge is -2.21. The summed E-state index contributed by atoms with van der Waals surface area (Å²) in [4.78, 5) is 17.9. The number of hydrogen-bond acceptors (Lipinski definition) is 5. The van der Waals surface area contributed by atoms with E-state index in [0.717, 1.165) is 21.2 Å². The van der Waals surface area contributed by atoms with Crippen LogP contribution in [0.25, 0.3) is 10.6 Å². The van der Waals surface area contributed by atoms with Gasteiger partial charge in [-0.1, -0.05) is 6.07 Å². The van der Waals surface area contributed by atoms with Gasteiger partial charge in [0.1, 0.15) is 17.2 Å². The SMILES string of the molecule is COc1cccc(-c2nc(C[NH+](C)CC(=O)NC(C)(C)C)cs2)c1OC. The Morgan fingerprint density at radius 1 is 1.27 bits per heavy atom. The molecule has 1 atom stereocenters.